The van der Waals surface area contributed by atoms with Gasteiger partial charge in [-0.25, -0.2) is 5.06 Å². The van der Waals surface area contributed by atoms with Gasteiger partial charge in [0.25, 0.3) is 5.91 Å². The molecule has 2 aliphatic rings. The zero-order chi connectivity index (χ0) is 20.3. The molecular weight excluding hydrogens is 377 g/mol. The van der Waals surface area contributed by atoms with Crippen LogP contribution in [0, 0.1) is 0 Å². The number of ether oxygens (including phenoxy) is 1. The molecule has 1 aromatic rings. The van der Waals surface area contributed by atoms with E-state index in [0.29, 0.717) is 23.5 Å². The van der Waals surface area contributed by atoms with E-state index in [4.69, 9.17) is 4.84 Å². The molecule has 0 aliphatic carbocycles. The normalized spacial score (nSPS) is 16.0. The monoisotopic (exact) mass is 396 g/mol. The molecule has 7 nitrogen and oxygen atoms in total. The topological polar surface area (TPSA) is 66.1 Å². The van der Waals surface area contributed by atoms with Gasteiger partial charge in [0.05, 0.1) is 13.3 Å². The second-order valence-corrected chi connectivity index (χ2v) is 5.91. The molecule has 0 aromatic heterocycles. The Balaban J connectivity index is 1.65. The molecule has 0 unspecified atom stereocenters. The van der Waals surface area contributed by atoms with Gasteiger partial charge in [0.1, 0.15) is 17.3 Å². The number of halogens is 3. The molecule has 3 rings (SSSR count). The van der Waals surface area contributed by atoms with Gasteiger partial charge in [0.15, 0.2) is 0 Å². The van der Waals surface area contributed by atoms with Crippen molar-refractivity contribution in [3.8, 4) is 5.75 Å². The predicted octanol–water partition coefficient (Wildman–Crippen LogP) is 2.88. The summed E-state index contributed by atoms with van der Waals surface area (Å²) < 4.78 is 40.4. The lowest BCUT2D eigenvalue weighted by Crippen LogP contribution is -2.32. The average Bonchev–Trinajstić information content (AvgIpc) is 3.03. The lowest BCUT2D eigenvalue weighted by molar-refractivity contribution is -0.274. The summed E-state index contributed by atoms with van der Waals surface area (Å²) in [6.45, 7) is 2.08. The molecular formula is C18H19F3N4O3. The average molecular weight is 396 g/mol. The summed E-state index contributed by atoms with van der Waals surface area (Å²) in [7, 11) is 1.53. The first-order valence-corrected chi connectivity index (χ1v) is 8.45. The van der Waals surface area contributed by atoms with E-state index in [0.717, 1.165) is 5.70 Å². The molecule has 0 atom stereocenters. The number of hydrogen-bond acceptors (Lipinski definition) is 6. The molecule has 150 valence electrons. The summed E-state index contributed by atoms with van der Waals surface area (Å²) in [5, 5.41) is 7.46. The Hall–Kier alpha value is -3.14. The Labute approximate surface area is 159 Å². The first-order chi connectivity index (χ1) is 13.3. The Morgan fingerprint density at radius 2 is 1.93 bits per heavy atom. The number of nitrogens with zero attached hydrogens (tertiary/aromatic N) is 2. The van der Waals surface area contributed by atoms with E-state index in [1.54, 1.807) is 23.5 Å². The summed E-state index contributed by atoms with van der Waals surface area (Å²) in [5.41, 5.74) is 1.85. The second kappa shape index (κ2) is 7.85. The highest BCUT2D eigenvalue weighted by Gasteiger charge is 2.32. The molecule has 1 aromatic carbocycles. The van der Waals surface area contributed by atoms with Crippen LogP contribution in [0.5, 0.6) is 5.75 Å². The van der Waals surface area contributed by atoms with E-state index in [1.165, 1.54) is 36.4 Å². The van der Waals surface area contributed by atoms with Crippen molar-refractivity contribution in [2.24, 2.45) is 0 Å². The van der Waals surface area contributed by atoms with Gasteiger partial charge in [-0.05, 0) is 24.1 Å². The third-order valence-electron chi connectivity index (χ3n) is 4.07. The van der Waals surface area contributed by atoms with Crippen LogP contribution in [-0.4, -0.2) is 29.3 Å². The van der Waals surface area contributed by atoms with Crippen LogP contribution in [0.1, 0.15) is 18.9 Å². The number of alkyl halides is 3. The first-order valence-electron chi connectivity index (χ1n) is 8.45. The standard InChI is InChI=1S/C18H19F3N4O3/c1-3-14-16(25-9-8-24(27-2)11-15(25)23-14)17(26)22-10-12-4-6-13(7-5-12)28-18(19,20)21/h4-9,11,23H,3,10H2,1-2H3,(H,22,26). The minimum atomic E-state index is -4.74. The highest BCUT2D eigenvalue weighted by Crippen LogP contribution is 2.28. The van der Waals surface area contributed by atoms with Crippen LogP contribution in [0.3, 0.4) is 0 Å². The Morgan fingerprint density at radius 1 is 1.21 bits per heavy atom. The lowest BCUT2D eigenvalue weighted by atomic mass is 10.2. The number of rotatable bonds is 6. The van der Waals surface area contributed by atoms with Gasteiger partial charge in [-0.15, -0.1) is 13.2 Å². The fourth-order valence-electron chi connectivity index (χ4n) is 2.78. The molecule has 0 saturated carbocycles. The molecule has 0 radical (unpaired) electrons. The van der Waals surface area contributed by atoms with Gasteiger partial charge < -0.3 is 15.4 Å². The Kier molecular flexibility index (Phi) is 5.50. The van der Waals surface area contributed by atoms with E-state index in [1.807, 2.05) is 6.92 Å². The van der Waals surface area contributed by atoms with E-state index < -0.39 is 6.36 Å². The number of fused-ring (bicyclic) bond motifs is 1. The molecule has 28 heavy (non-hydrogen) atoms. The minimum absolute atomic E-state index is 0.159. The second-order valence-electron chi connectivity index (χ2n) is 5.91. The fourth-order valence-corrected chi connectivity index (χ4v) is 2.78. The van der Waals surface area contributed by atoms with E-state index in [2.05, 4.69) is 15.4 Å². The van der Waals surface area contributed by atoms with Crippen LogP contribution < -0.4 is 15.4 Å². The fraction of sp³-hybridized carbons (Fsp3) is 0.278. The van der Waals surface area contributed by atoms with E-state index >= 15 is 0 Å². The number of benzene rings is 1. The molecule has 0 fully saturated rings. The maximum atomic E-state index is 12.7. The molecule has 2 heterocycles. The number of hydrogen-bond donors (Lipinski definition) is 2. The largest absolute Gasteiger partial charge is 0.573 e. The van der Waals surface area contributed by atoms with Gasteiger partial charge in [-0.3, -0.25) is 14.5 Å². The summed E-state index contributed by atoms with van der Waals surface area (Å²) >= 11 is 0. The number of carbonyl (C=O) groups is 1. The SMILES string of the molecule is CCC1=C(C(=O)NCc2ccc(OC(F)(F)F)cc2)N2C=CN(OC)C=C2N1. The summed E-state index contributed by atoms with van der Waals surface area (Å²) in [5.74, 6) is 0.0633. The van der Waals surface area contributed by atoms with Crippen LogP contribution in [-0.2, 0) is 16.2 Å². The van der Waals surface area contributed by atoms with Crippen molar-refractivity contribution < 1.29 is 27.5 Å². The number of hydroxylamine groups is 2. The maximum Gasteiger partial charge on any atom is 0.573 e. The first kappa shape index (κ1) is 19.6. The summed E-state index contributed by atoms with van der Waals surface area (Å²) in [6, 6.07) is 5.34. The third kappa shape index (κ3) is 4.39. The third-order valence-corrected chi connectivity index (χ3v) is 4.07. The Bertz CT molecular complexity index is 831. The van der Waals surface area contributed by atoms with Crippen molar-refractivity contribution in [3.05, 3.63) is 65.6 Å². The quantitative estimate of drug-likeness (QED) is 0.771. The molecule has 0 spiro atoms. The van der Waals surface area contributed by atoms with Gasteiger partial charge in [-0.1, -0.05) is 19.1 Å². The van der Waals surface area contributed by atoms with Crippen molar-refractivity contribution >= 4 is 5.91 Å². The molecule has 2 N–H and O–H groups in total. The van der Waals surface area contributed by atoms with Crippen molar-refractivity contribution in [1.29, 1.82) is 0 Å². The van der Waals surface area contributed by atoms with Gasteiger partial charge in [0, 0.05) is 24.6 Å². The van der Waals surface area contributed by atoms with Crippen molar-refractivity contribution in [2.45, 2.75) is 26.3 Å². The summed E-state index contributed by atoms with van der Waals surface area (Å²) in [6.07, 6.45) is 0.944. The molecule has 0 bridgehead atoms. The van der Waals surface area contributed by atoms with Gasteiger partial charge in [0.2, 0.25) is 0 Å². The smallest absolute Gasteiger partial charge is 0.406 e. The van der Waals surface area contributed by atoms with Crippen LogP contribution >= 0.6 is 0 Å². The number of nitrogens with one attached hydrogen (secondary N) is 2. The Morgan fingerprint density at radius 3 is 2.54 bits per heavy atom. The molecule has 2 aliphatic heterocycles. The van der Waals surface area contributed by atoms with Crippen molar-refractivity contribution in [3.63, 3.8) is 0 Å². The number of carbonyl (C=O) groups excluding carboxylic acids is 1. The van der Waals surface area contributed by atoms with Gasteiger partial charge >= 0.3 is 6.36 Å². The van der Waals surface area contributed by atoms with E-state index in [9.17, 15) is 18.0 Å². The van der Waals surface area contributed by atoms with Gasteiger partial charge in [-0.2, -0.15) is 0 Å². The van der Waals surface area contributed by atoms with Crippen LogP contribution in [0.4, 0.5) is 13.2 Å². The zero-order valence-corrected chi connectivity index (χ0v) is 15.2. The van der Waals surface area contributed by atoms with Crippen molar-refractivity contribution in [2.75, 3.05) is 7.11 Å². The zero-order valence-electron chi connectivity index (χ0n) is 15.2. The number of allylic oxidation sites excluding steroid dienone is 1. The molecule has 0 saturated heterocycles. The maximum absolute atomic E-state index is 12.7. The lowest BCUT2D eigenvalue weighted by Gasteiger charge is -2.25. The van der Waals surface area contributed by atoms with Crippen molar-refractivity contribution in [1.82, 2.24) is 20.6 Å². The van der Waals surface area contributed by atoms with Crippen LogP contribution in [0.2, 0.25) is 0 Å². The molecule has 10 heteroatoms. The summed E-state index contributed by atoms with van der Waals surface area (Å²) in [4.78, 5) is 19.5. The molecule has 1 amide bonds. The van der Waals surface area contributed by atoms with E-state index in [-0.39, 0.29) is 18.2 Å². The number of amides is 1. The minimum Gasteiger partial charge on any atom is -0.406 e. The highest BCUT2D eigenvalue weighted by atomic mass is 19.4. The predicted molar refractivity (Wildman–Crippen MR) is 93.3 cm³/mol. The van der Waals surface area contributed by atoms with Crippen LogP contribution in [0.25, 0.3) is 0 Å². The van der Waals surface area contributed by atoms with Crippen LogP contribution in [0.15, 0.2) is 60.1 Å². The highest BCUT2D eigenvalue weighted by molar-refractivity contribution is 5.94.